The summed E-state index contributed by atoms with van der Waals surface area (Å²) in [7, 11) is 1.85. The number of aromatic nitrogens is 2. The van der Waals surface area contributed by atoms with Crippen LogP contribution in [-0.2, 0) is 13.1 Å². The van der Waals surface area contributed by atoms with Gasteiger partial charge in [-0.3, -0.25) is 4.98 Å². The molecular weight excluding hydrogens is 284 g/mol. The predicted molar refractivity (Wildman–Crippen MR) is 94.3 cm³/mol. The number of nitrogens with zero attached hydrogens (tertiary/aromatic N) is 3. The van der Waals surface area contributed by atoms with Crippen molar-refractivity contribution < 1.29 is 0 Å². The van der Waals surface area contributed by atoms with Gasteiger partial charge in [-0.05, 0) is 11.1 Å². The fourth-order valence-corrected chi connectivity index (χ4v) is 2.45. The molecule has 4 nitrogen and oxygen atoms in total. The van der Waals surface area contributed by atoms with Crippen LogP contribution in [0.3, 0.4) is 0 Å². The first-order valence-electron chi connectivity index (χ1n) is 7.68. The van der Waals surface area contributed by atoms with Crippen LogP contribution < -0.4 is 10.2 Å². The van der Waals surface area contributed by atoms with Gasteiger partial charge in [0.05, 0.1) is 12.4 Å². The molecule has 0 spiro atoms. The second-order valence-electron chi connectivity index (χ2n) is 5.34. The summed E-state index contributed by atoms with van der Waals surface area (Å²) in [5.41, 5.74) is 2.50. The van der Waals surface area contributed by atoms with Crippen LogP contribution in [0.2, 0.25) is 0 Å². The molecule has 23 heavy (non-hydrogen) atoms. The van der Waals surface area contributed by atoms with Crippen molar-refractivity contribution in [1.29, 1.82) is 0 Å². The fourth-order valence-electron chi connectivity index (χ4n) is 2.45. The van der Waals surface area contributed by atoms with Crippen LogP contribution in [0.5, 0.6) is 0 Å². The highest BCUT2D eigenvalue weighted by atomic mass is 15.2. The molecule has 0 aliphatic carbocycles. The largest absolute Gasteiger partial charge is 0.372 e. The van der Waals surface area contributed by atoms with Crippen LogP contribution in [0.1, 0.15) is 11.1 Å². The Balaban J connectivity index is 1.88. The molecule has 1 aromatic heterocycles. The number of hydrogen-bond donors (Lipinski definition) is 1. The van der Waals surface area contributed by atoms with Gasteiger partial charge in [0.15, 0.2) is 0 Å². The second-order valence-corrected chi connectivity index (χ2v) is 5.34. The summed E-state index contributed by atoms with van der Waals surface area (Å²) < 4.78 is 0. The molecular formula is C19H20N4. The molecule has 0 amide bonds. The molecule has 0 radical (unpaired) electrons. The SMILES string of the molecule is CNc1cncc(N(Cc2ccccc2)Cc2ccccc2)n1. The smallest absolute Gasteiger partial charge is 0.150 e. The van der Waals surface area contributed by atoms with Crippen molar-refractivity contribution in [2.24, 2.45) is 0 Å². The molecule has 2 aromatic carbocycles. The van der Waals surface area contributed by atoms with Crippen LogP contribution in [0.4, 0.5) is 11.6 Å². The zero-order valence-electron chi connectivity index (χ0n) is 13.2. The summed E-state index contributed by atoms with van der Waals surface area (Å²) in [6.07, 6.45) is 3.54. The van der Waals surface area contributed by atoms with Gasteiger partial charge in [-0.2, -0.15) is 0 Å². The van der Waals surface area contributed by atoms with Gasteiger partial charge in [-0.15, -0.1) is 0 Å². The van der Waals surface area contributed by atoms with E-state index in [0.29, 0.717) is 0 Å². The van der Waals surface area contributed by atoms with E-state index in [4.69, 9.17) is 0 Å². The van der Waals surface area contributed by atoms with E-state index in [1.165, 1.54) is 11.1 Å². The van der Waals surface area contributed by atoms with Gasteiger partial charge in [0.1, 0.15) is 11.6 Å². The Hall–Kier alpha value is -2.88. The maximum absolute atomic E-state index is 4.64. The van der Waals surface area contributed by atoms with E-state index >= 15 is 0 Å². The molecule has 0 aliphatic heterocycles. The average molecular weight is 304 g/mol. The zero-order valence-corrected chi connectivity index (χ0v) is 13.2. The lowest BCUT2D eigenvalue weighted by molar-refractivity contribution is 0.780. The molecule has 3 rings (SSSR count). The van der Waals surface area contributed by atoms with Gasteiger partial charge < -0.3 is 10.2 Å². The molecule has 0 bridgehead atoms. The van der Waals surface area contributed by atoms with Crippen molar-refractivity contribution in [1.82, 2.24) is 9.97 Å². The number of benzene rings is 2. The lowest BCUT2D eigenvalue weighted by Crippen LogP contribution is -2.23. The Bertz CT molecular complexity index is 687. The van der Waals surface area contributed by atoms with Crippen molar-refractivity contribution in [3.63, 3.8) is 0 Å². The van der Waals surface area contributed by atoms with E-state index in [2.05, 4.69) is 68.7 Å². The Morgan fingerprint density at radius 2 is 1.39 bits per heavy atom. The summed E-state index contributed by atoms with van der Waals surface area (Å²) in [5.74, 6) is 1.64. The molecule has 0 fully saturated rings. The third-order valence-corrected chi connectivity index (χ3v) is 3.63. The molecule has 3 aromatic rings. The van der Waals surface area contributed by atoms with Gasteiger partial charge >= 0.3 is 0 Å². The normalized spacial score (nSPS) is 10.3. The fraction of sp³-hybridized carbons (Fsp3) is 0.158. The predicted octanol–water partition coefficient (Wildman–Crippen LogP) is 3.73. The van der Waals surface area contributed by atoms with Gasteiger partial charge in [0, 0.05) is 20.1 Å². The molecule has 0 aliphatic rings. The molecule has 0 unspecified atom stereocenters. The molecule has 0 atom stereocenters. The average Bonchev–Trinajstić information content (AvgIpc) is 2.63. The first kappa shape index (κ1) is 15.0. The number of hydrogen-bond acceptors (Lipinski definition) is 4. The summed E-state index contributed by atoms with van der Waals surface area (Å²) in [6.45, 7) is 1.58. The Morgan fingerprint density at radius 3 is 1.91 bits per heavy atom. The van der Waals surface area contributed by atoms with Gasteiger partial charge in [0.25, 0.3) is 0 Å². The standard InChI is InChI=1S/C19H20N4/c1-20-18-12-21-13-19(22-18)23(14-16-8-4-2-5-9-16)15-17-10-6-3-7-11-17/h2-13H,14-15H2,1H3,(H,20,22). The summed E-state index contributed by atoms with van der Waals surface area (Å²) >= 11 is 0. The minimum atomic E-state index is 0.772. The van der Waals surface area contributed by atoms with Crippen molar-refractivity contribution >= 4 is 11.6 Å². The molecule has 116 valence electrons. The van der Waals surface area contributed by atoms with Crippen molar-refractivity contribution in [3.8, 4) is 0 Å². The zero-order chi connectivity index (χ0) is 15.9. The lowest BCUT2D eigenvalue weighted by Gasteiger charge is -2.24. The van der Waals surface area contributed by atoms with E-state index in [1.54, 1.807) is 6.20 Å². The summed E-state index contributed by atoms with van der Waals surface area (Å²) in [6, 6.07) is 20.8. The van der Waals surface area contributed by atoms with Crippen LogP contribution in [-0.4, -0.2) is 17.0 Å². The maximum atomic E-state index is 4.64. The Kier molecular flexibility index (Phi) is 4.84. The van der Waals surface area contributed by atoms with Crippen molar-refractivity contribution in [3.05, 3.63) is 84.2 Å². The van der Waals surface area contributed by atoms with Gasteiger partial charge in [0.2, 0.25) is 0 Å². The van der Waals surface area contributed by atoms with Crippen molar-refractivity contribution in [2.45, 2.75) is 13.1 Å². The highest BCUT2D eigenvalue weighted by molar-refractivity contribution is 5.45. The number of anilines is 2. The minimum Gasteiger partial charge on any atom is -0.372 e. The second kappa shape index (κ2) is 7.40. The van der Waals surface area contributed by atoms with Crippen LogP contribution in [0, 0.1) is 0 Å². The molecule has 4 heteroatoms. The van der Waals surface area contributed by atoms with Gasteiger partial charge in [-0.1, -0.05) is 60.7 Å². The summed E-state index contributed by atoms with van der Waals surface area (Å²) in [4.78, 5) is 11.2. The first-order valence-corrected chi connectivity index (χ1v) is 7.68. The van der Waals surface area contributed by atoms with E-state index < -0.39 is 0 Å². The number of rotatable bonds is 6. The molecule has 1 N–H and O–H groups in total. The highest BCUT2D eigenvalue weighted by Crippen LogP contribution is 2.18. The van der Waals surface area contributed by atoms with Crippen LogP contribution in [0.15, 0.2) is 73.1 Å². The van der Waals surface area contributed by atoms with Gasteiger partial charge in [-0.25, -0.2) is 4.98 Å². The van der Waals surface area contributed by atoms with E-state index in [0.717, 1.165) is 24.7 Å². The third-order valence-electron chi connectivity index (χ3n) is 3.63. The Labute approximate surface area is 136 Å². The van der Waals surface area contributed by atoms with E-state index in [9.17, 15) is 0 Å². The number of nitrogens with one attached hydrogen (secondary N) is 1. The highest BCUT2D eigenvalue weighted by Gasteiger charge is 2.11. The first-order chi connectivity index (χ1) is 11.3. The van der Waals surface area contributed by atoms with E-state index in [-0.39, 0.29) is 0 Å². The Morgan fingerprint density at radius 1 is 0.826 bits per heavy atom. The van der Waals surface area contributed by atoms with Crippen LogP contribution in [0.25, 0.3) is 0 Å². The molecule has 0 saturated carbocycles. The lowest BCUT2D eigenvalue weighted by atomic mass is 10.1. The third kappa shape index (κ3) is 4.07. The maximum Gasteiger partial charge on any atom is 0.150 e. The van der Waals surface area contributed by atoms with E-state index in [1.807, 2.05) is 25.4 Å². The topological polar surface area (TPSA) is 41.1 Å². The van der Waals surface area contributed by atoms with Crippen molar-refractivity contribution in [2.75, 3.05) is 17.3 Å². The molecule has 0 saturated heterocycles. The van der Waals surface area contributed by atoms with Crippen LogP contribution >= 0.6 is 0 Å². The quantitative estimate of drug-likeness (QED) is 0.753. The molecule has 1 heterocycles. The minimum absolute atomic E-state index is 0.772. The summed E-state index contributed by atoms with van der Waals surface area (Å²) in [5, 5.41) is 3.05. The monoisotopic (exact) mass is 304 g/mol.